The van der Waals surface area contributed by atoms with E-state index in [0.29, 0.717) is 23.3 Å². The first kappa shape index (κ1) is 20.3. The van der Waals surface area contributed by atoms with Crippen molar-refractivity contribution in [1.29, 1.82) is 0 Å². The van der Waals surface area contributed by atoms with Crippen LogP contribution in [-0.2, 0) is 4.79 Å². The van der Waals surface area contributed by atoms with Gasteiger partial charge in [-0.25, -0.2) is 0 Å². The molecule has 0 aliphatic rings. The predicted molar refractivity (Wildman–Crippen MR) is 99.2 cm³/mol. The molecule has 0 aliphatic carbocycles. The third kappa shape index (κ3) is 4.99. The minimum atomic E-state index is -1.22. The monoisotopic (exact) mass is 374 g/mol. The van der Waals surface area contributed by atoms with Gasteiger partial charge in [-0.15, -0.1) is 0 Å². The zero-order valence-corrected chi connectivity index (χ0v) is 15.0. The van der Waals surface area contributed by atoms with E-state index in [1.165, 1.54) is 32.4 Å². The van der Waals surface area contributed by atoms with Crippen LogP contribution in [0, 0.1) is 0 Å². The van der Waals surface area contributed by atoms with Crippen LogP contribution in [0.4, 0.5) is 0 Å². The van der Waals surface area contributed by atoms with Gasteiger partial charge in [0.05, 0.1) is 20.8 Å². The fraction of sp³-hybridized carbons (Fsp3) is 0.250. The Morgan fingerprint density at radius 3 is 2.41 bits per heavy atom. The van der Waals surface area contributed by atoms with E-state index in [2.05, 4.69) is 0 Å². The summed E-state index contributed by atoms with van der Waals surface area (Å²) in [5.41, 5.74) is 1.23. The smallest absolute Gasteiger partial charge is 0.162 e. The topological polar surface area (TPSA) is 105 Å². The van der Waals surface area contributed by atoms with Gasteiger partial charge in [-0.3, -0.25) is 4.79 Å². The normalized spacial score (nSPS) is 13.2. The molecule has 0 heterocycles. The van der Waals surface area contributed by atoms with Crippen LogP contribution in [0.1, 0.15) is 17.2 Å². The molecule has 0 amide bonds. The summed E-state index contributed by atoms with van der Waals surface area (Å²) in [6.45, 7) is -0.531. The SMILES string of the molecule is COc1cc([C@H](Oc2ccc(/C=C/C=O)cc2OC)[C@H](O)CO)ccc1O. The summed E-state index contributed by atoms with van der Waals surface area (Å²) in [7, 11) is 2.88. The van der Waals surface area contributed by atoms with Gasteiger partial charge in [-0.2, -0.15) is 0 Å². The summed E-state index contributed by atoms with van der Waals surface area (Å²) in [6.07, 6.45) is 1.48. The van der Waals surface area contributed by atoms with Crippen molar-refractivity contribution in [2.75, 3.05) is 20.8 Å². The lowest BCUT2D eigenvalue weighted by molar-refractivity contribution is -0.104. The lowest BCUT2D eigenvalue weighted by atomic mass is 10.0. The molecule has 3 N–H and O–H groups in total. The fourth-order valence-electron chi connectivity index (χ4n) is 2.51. The molecular formula is C20H22O7. The molecule has 0 unspecified atom stereocenters. The molecule has 27 heavy (non-hydrogen) atoms. The zero-order chi connectivity index (χ0) is 19.8. The van der Waals surface area contributed by atoms with Crippen molar-refractivity contribution in [3.05, 3.63) is 53.6 Å². The van der Waals surface area contributed by atoms with Gasteiger partial charge in [-0.1, -0.05) is 18.2 Å². The quantitative estimate of drug-likeness (QED) is 0.456. The van der Waals surface area contributed by atoms with Crippen molar-refractivity contribution in [3.8, 4) is 23.0 Å². The number of benzene rings is 2. The fourth-order valence-corrected chi connectivity index (χ4v) is 2.51. The summed E-state index contributed by atoms with van der Waals surface area (Å²) in [6, 6.07) is 9.53. The number of aliphatic hydroxyl groups is 2. The van der Waals surface area contributed by atoms with Gasteiger partial charge in [0.25, 0.3) is 0 Å². The van der Waals surface area contributed by atoms with Crippen molar-refractivity contribution < 1.29 is 34.3 Å². The number of aromatic hydroxyl groups is 1. The third-order valence-corrected chi connectivity index (χ3v) is 3.88. The highest BCUT2D eigenvalue weighted by Gasteiger charge is 2.25. The van der Waals surface area contributed by atoms with Crippen molar-refractivity contribution in [2.24, 2.45) is 0 Å². The van der Waals surface area contributed by atoms with Gasteiger partial charge in [0.15, 0.2) is 29.1 Å². The number of carbonyl (C=O) groups excluding carboxylic acids is 1. The number of aliphatic hydroxyl groups excluding tert-OH is 2. The number of phenols is 1. The minimum absolute atomic E-state index is 0.0533. The molecule has 2 atom stereocenters. The molecule has 2 aromatic carbocycles. The number of ether oxygens (including phenoxy) is 3. The number of hydrogen-bond donors (Lipinski definition) is 3. The maximum absolute atomic E-state index is 10.5. The van der Waals surface area contributed by atoms with Crippen LogP contribution in [0.5, 0.6) is 23.0 Å². The van der Waals surface area contributed by atoms with E-state index in [1.54, 1.807) is 30.3 Å². The number of rotatable bonds is 9. The predicted octanol–water partition coefficient (Wildman–Crippen LogP) is 2.09. The van der Waals surface area contributed by atoms with E-state index in [4.69, 9.17) is 14.2 Å². The first-order chi connectivity index (χ1) is 13.0. The van der Waals surface area contributed by atoms with E-state index >= 15 is 0 Å². The van der Waals surface area contributed by atoms with Crippen LogP contribution in [-0.4, -0.2) is 48.5 Å². The first-order valence-corrected chi connectivity index (χ1v) is 8.16. The Kier molecular flexibility index (Phi) is 7.22. The molecule has 7 heteroatoms. The van der Waals surface area contributed by atoms with Gasteiger partial charge in [0, 0.05) is 0 Å². The summed E-state index contributed by atoms with van der Waals surface area (Å²) < 4.78 is 16.3. The van der Waals surface area contributed by atoms with Crippen LogP contribution >= 0.6 is 0 Å². The minimum Gasteiger partial charge on any atom is -0.504 e. The van der Waals surface area contributed by atoms with Gasteiger partial charge < -0.3 is 29.5 Å². The molecule has 144 valence electrons. The molecule has 0 saturated carbocycles. The maximum Gasteiger partial charge on any atom is 0.162 e. The first-order valence-electron chi connectivity index (χ1n) is 8.16. The molecule has 0 fully saturated rings. The highest BCUT2D eigenvalue weighted by atomic mass is 16.5. The number of allylic oxidation sites excluding steroid dienone is 1. The van der Waals surface area contributed by atoms with Gasteiger partial charge in [0.1, 0.15) is 12.4 Å². The average Bonchev–Trinajstić information content (AvgIpc) is 2.70. The van der Waals surface area contributed by atoms with E-state index in [-0.39, 0.29) is 11.5 Å². The lowest BCUT2D eigenvalue weighted by Crippen LogP contribution is -2.27. The number of phenolic OH excluding ortho intramolecular Hbond substituents is 1. The van der Waals surface area contributed by atoms with Crippen molar-refractivity contribution in [3.63, 3.8) is 0 Å². The Labute approximate surface area is 157 Å². The molecule has 0 aromatic heterocycles. The summed E-state index contributed by atoms with van der Waals surface area (Å²) in [4.78, 5) is 10.5. The molecule has 0 aliphatic heterocycles. The number of carbonyl (C=O) groups is 1. The second-order valence-corrected chi connectivity index (χ2v) is 5.63. The molecule has 0 saturated heterocycles. The zero-order valence-electron chi connectivity index (χ0n) is 15.0. The van der Waals surface area contributed by atoms with Crippen molar-refractivity contribution in [2.45, 2.75) is 12.2 Å². The van der Waals surface area contributed by atoms with E-state index in [0.717, 1.165) is 5.56 Å². The van der Waals surface area contributed by atoms with Crippen LogP contribution in [0.2, 0.25) is 0 Å². The Hall–Kier alpha value is -3.03. The number of aldehydes is 1. The average molecular weight is 374 g/mol. The van der Waals surface area contributed by atoms with Gasteiger partial charge in [-0.05, 0) is 41.5 Å². The maximum atomic E-state index is 10.5. The van der Waals surface area contributed by atoms with Crippen LogP contribution in [0.3, 0.4) is 0 Å². The standard InChI is InChI=1S/C20H22O7/c1-25-18-11-14(6-7-15(18)23)20(16(24)12-22)27-17-8-5-13(4-3-9-21)10-19(17)26-2/h3-11,16,20,22-24H,12H2,1-2H3/b4-3+/t16-,20+/m1/s1. The Bertz CT molecular complexity index is 801. The molecule has 2 aromatic rings. The largest absolute Gasteiger partial charge is 0.504 e. The number of hydrogen-bond acceptors (Lipinski definition) is 7. The van der Waals surface area contributed by atoms with Crippen LogP contribution in [0.15, 0.2) is 42.5 Å². The molecule has 0 radical (unpaired) electrons. The summed E-state index contributed by atoms with van der Waals surface area (Å²) >= 11 is 0. The molecule has 0 spiro atoms. The number of methoxy groups -OCH3 is 2. The molecule has 7 nitrogen and oxygen atoms in total. The van der Waals surface area contributed by atoms with Crippen molar-refractivity contribution >= 4 is 12.4 Å². The van der Waals surface area contributed by atoms with Gasteiger partial charge in [0.2, 0.25) is 0 Å². The molecule has 2 rings (SSSR count). The van der Waals surface area contributed by atoms with Crippen LogP contribution < -0.4 is 14.2 Å². The van der Waals surface area contributed by atoms with Gasteiger partial charge >= 0.3 is 0 Å². The lowest BCUT2D eigenvalue weighted by Gasteiger charge is -2.25. The Morgan fingerprint density at radius 1 is 1.04 bits per heavy atom. The molecule has 0 bridgehead atoms. The highest BCUT2D eigenvalue weighted by Crippen LogP contribution is 2.36. The second kappa shape index (κ2) is 9.61. The van der Waals surface area contributed by atoms with Crippen LogP contribution in [0.25, 0.3) is 6.08 Å². The highest BCUT2D eigenvalue weighted by molar-refractivity contribution is 5.74. The van der Waals surface area contributed by atoms with E-state index in [9.17, 15) is 20.1 Å². The third-order valence-electron chi connectivity index (χ3n) is 3.88. The summed E-state index contributed by atoms with van der Waals surface area (Å²) in [5.74, 6) is 0.893. The van der Waals surface area contributed by atoms with Crippen molar-refractivity contribution in [1.82, 2.24) is 0 Å². The summed E-state index contributed by atoms with van der Waals surface area (Å²) in [5, 5.41) is 29.4. The second-order valence-electron chi connectivity index (χ2n) is 5.63. The Morgan fingerprint density at radius 2 is 1.78 bits per heavy atom. The molecular weight excluding hydrogens is 352 g/mol. The van der Waals surface area contributed by atoms with E-state index < -0.39 is 18.8 Å². The van der Waals surface area contributed by atoms with E-state index in [1.807, 2.05) is 0 Å². The Balaban J connectivity index is 2.39.